The quantitative estimate of drug-likeness (QED) is 0.234. The highest BCUT2D eigenvalue weighted by molar-refractivity contribution is 7.72. The molecule has 1 heteroatoms. The monoisotopic (exact) mass is 451 g/mol. The van der Waals surface area contributed by atoms with Gasteiger partial charge in [-0.1, -0.05) is 119 Å². The number of benzene rings is 4. The van der Waals surface area contributed by atoms with Crippen molar-refractivity contribution in [1.29, 1.82) is 0 Å². The fourth-order valence-corrected chi connectivity index (χ4v) is 9.68. The Labute approximate surface area is 201 Å². The molecule has 0 saturated heterocycles. The summed E-state index contributed by atoms with van der Waals surface area (Å²) in [6, 6.07) is 36.7. The van der Waals surface area contributed by atoms with E-state index in [-0.39, 0.29) is 0 Å². The molecule has 0 aromatic heterocycles. The van der Waals surface area contributed by atoms with Gasteiger partial charge in [0.15, 0.2) is 0 Å². The van der Waals surface area contributed by atoms with E-state index in [2.05, 4.69) is 125 Å². The van der Waals surface area contributed by atoms with E-state index in [0.717, 1.165) is 0 Å². The molecule has 0 amide bonds. The fourth-order valence-electron chi connectivity index (χ4n) is 5.13. The minimum absolute atomic E-state index is 1.17. The molecule has 0 aliphatic heterocycles. The topological polar surface area (TPSA) is 0 Å². The molecule has 0 N–H and O–H groups in total. The highest BCUT2D eigenvalue weighted by atomic mass is 31.2. The lowest BCUT2D eigenvalue weighted by Gasteiger charge is -2.29. The van der Waals surface area contributed by atoms with Crippen molar-refractivity contribution in [3.05, 3.63) is 142 Å². The normalized spacial score (nSPS) is 11.5. The zero-order valence-electron chi connectivity index (χ0n) is 20.5. The summed E-state index contributed by atoms with van der Waals surface area (Å²) in [5, 5.41) is 0. The largest absolute Gasteiger partial charge is 0.0852 e. The summed E-state index contributed by atoms with van der Waals surface area (Å²) < 4.78 is 0. The average molecular weight is 452 g/mol. The second kappa shape index (κ2) is 10.5. The summed E-state index contributed by atoms with van der Waals surface area (Å²) >= 11 is 0. The third-order valence-corrected chi connectivity index (χ3v) is 10.5. The maximum absolute atomic E-state index is 2.40. The zero-order valence-corrected chi connectivity index (χ0v) is 21.4. The number of rotatable bonds is 8. The van der Waals surface area contributed by atoms with E-state index >= 15 is 0 Å². The first-order valence-corrected chi connectivity index (χ1v) is 14.5. The van der Waals surface area contributed by atoms with Crippen molar-refractivity contribution >= 4 is 7.26 Å². The molecular formula is C32H36P+. The van der Waals surface area contributed by atoms with Gasteiger partial charge in [-0.2, -0.15) is 0 Å². The van der Waals surface area contributed by atoms with Crippen LogP contribution in [0.1, 0.15) is 44.5 Å². The van der Waals surface area contributed by atoms with Crippen molar-refractivity contribution in [2.45, 2.75) is 52.3 Å². The molecule has 0 heterocycles. The Balaban J connectivity index is 1.81. The van der Waals surface area contributed by atoms with Crippen LogP contribution in [0.5, 0.6) is 0 Å². The van der Waals surface area contributed by atoms with Gasteiger partial charge in [0.1, 0.15) is 0 Å². The summed E-state index contributed by atoms with van der Waals surface area (Å²) in [4.78, 5) is 0. The fraction of sp³-hybridized carbons (Fsp3) is 0.250. The van der Waals surface area contributed by atoms with E-state index in [4.69, 9.17) is 0 Å². The van der Waals surface area contributed by atoms with Crippen molar-refractivity contribution in [3.63, 3.8) is 0 Å². The molecule has 0 unspecified atom stereocenters. The Morgan fingerprint density at radius 2 is 0.636 bits per heavy atom. The summed E-state index contributed by atoms with van der Waals surface area (Å²) in [6.45, 7) is 8.85. The standard InChI is InChI=1S/C32H36P/c1-25-9-5-13-29(17-25)21-33(22-30-14-6-10-26(2)18-30,23-31-15-7-11-27(3)19-31)24-32-16-8-12-28(4)20-32/h5-20H,21-24H2,1-4H3/q+1. The first-order valence-electron chi connectivity index (χ1n) is 12.0. The van der Waals surface area contributed by atoms with Crippen molar-refractivity contribution in [3.8, 4) is 0 Å². The van der Waals surface area contributed by atoms with Crippen molar-refractivity contribution in [2.75, 3.05) is 0 Å². The second-order valence-electron chi connectivity index (χ2n) is 9.93. The molecule has 168 valence electrons. The Kier molecular flexibility index (Phi) is 7.46. The molecule has 4 aromatic carbocycles. The van der Waals surface area contributed by atoms with Gasteiger partial charge < -0.3 is 0 Å². The molecule has 0 spiro atoms. The molecule has 0 aliphatic rings. The molecule has 0 radical (unpaired) electrons. The van der Waals surface area contributed by atoms with Crippen LogP contribution < -0.4 is 0 Å². The van der Waals surface area contributed by atoms with Gasteiger partial charge in [0.2, 0.25) is 0 Å². The lowest BCUT2D eigenvalue weighted by molar-refractivity contribution is 1.15. The van der Waals surface area contributed by atoms with Crippen molar-refractivity contribution in [1.82, 2.24) is 0 Å². The van der Waals surface area contributed by atoms with Crippen LogP contribution in [0.3, 0.4) is 0 Å². The SMILES string of the molecule is Cc1cccc(C[P+](Cc2cccc(C)c2)(Cc2cccc(C)c2)Cc2cccc(C)c2)c1. The van der Waals surface area contributed by atoms with Gasteiger partial charge in [-0.3, -0.25) is 0 Å². The van der Waals surface area contributed by atoms with E-state index in [1.54, 1.807) is 0 Å². The predicted octanol–water partition coefficient (Wildman–Crippen LogP) is 9.04. The summed E-state index contributed by atoms with van der Waals surface area (Å²) in [7, 11) is -1.46. The van der Waals surface area contributed by atoms with Gasteiger partial charge in [0.05, 0.1) is 24.6 Å². The van der Waals surface area contributed by atoms with Crippen LogP contribution >= 0.6 is 7.26 Å². The van der Waals surface area contributed by atoms with Crippen LogP contribution in [0.25, 0.3) is 0 Å². The Morgan fingerprint density at radius 3 is 0.848 bits per heavy atom. The summed E-state index contributed by atoms with van der Waals surface area (Å²) in [5.74, 6) is 0. The molecule has 4 rings (SSSR count). The van der Waals surface area contributed by atoms with Crippen LogP contribution in [0.2, 0.25) is 0 Å². The molecule has 0 aliphatic carbocycles. The lowest BCUT2D eigenvalue weighted by atomic mass is 10.1. The van der Waals surface area contributed by atoms with E-state index in [1.165, 1.54) is 69.2 Å². The number of hydrogen-bond donors (Lipinski definition) is 0. The number of aryl methyl sites for hydroxylation is 4. The molecule has 0 bridgehead atoms. The van der Waals surface area contributed by atoms with Crippen molar-refractivity contribution in [2.24, 2.45) is 0 Å². The smallest absolute Gasteiger partial charge is 0.0616 e. The van der Waals surface area contributed by atoms with Crippen LogP contribution in [-0.2, 0) is 24.6 Å². The molecule has 4 aromatic rings. The van der Waals surface area contributed by atoms with E-state index in [0.29, 0.717) is 0 Å². The maximum atomic E-state index is 2.40. The zero-order chi connectivity index (χ0) is 23.3. The maximum Gasteiger partial charge on any atom is 0.0852 e. The van der Waals surface area contributed by atoms with Crippen LogP contribution in [0.4, 0.5) is 0 Å². The molecule has 0 fully saturated rings. The molecular weight excluding hydrogens is 415 g/mol. The van der Waals surface area contributed by atoms with E-state index in [9.17, 15) is 0 Å². The molecule has 0 nitrogen and oxygen atoms in total. The van der Waals surface area contributed by atoms with Crippen LogP contribution in [0.15, 0.2) is 97.1 Å². The molecule has 0 saturated carbocycles. The highest BCUT2D eigenvalue weighted by Crippen LogP contribution is 2.68. The summed E-state index contributed by atoms with van der Waals surface area (Å²) in [6.07, 6.45) is 4.68. The van der Waals surface area contributed by atoms with Gasteiger partial charge in [0, 0.05) is 7.26 Å². The second-order valence-corrected chi connectivity index (χ2v) is 13.9. The van der Waals surface area contributed by atoms with E-state index < -0.39 is 7.26 Å². The van der Waals surface area contributed by atoms with E-state index in [1.807, 2.05) is 0 Å². The third-order valence-electron chi connectivity index (χ3n) is 6.40. The predicted molar refractivity (Wildman–Crippen MR) is 146 cm³/mol. The van der Waals surface area contributed by atoms with Gasteiger partial charge >= 0.3 is 0 Å². The summed E-state index contributed by atoms with van der Waals surface area (Å²) in [5.41, 5.74) is 11.3. The minimum Gasteiger partial charge on any atom is -0.0616 e. The third kappa shape index (κ3) is 6.66. The minimum atomic E-state index is -1.46. The average Bonchev–Trinajstić information content (AvgIpc) is 2.73. The Morgan fingerprint density at radius 1 is 0.394 bits per heavy atom. The van der Waals surface area contributed by atoms with Gasteiger partial charge in [-0.25, -0.2) is 0 Å². The molecule has 0 atom stereocenters. The number of hydrogen-bond acceptors (Lipinski definition) is 0. The molecule has 33 heavy (non-hydrogen) atoms. The van der Waals surface area contributed by atoms with Crippen LogP contribution in [0, 0.1) is 27.7 Å². The Hall–Kier alpha value is -2.69. The first kappa shape index (κ1) is 23.5. The first-order chi connectivity index (χ1) is 15.9. The van der Waals surface area contributed by atoms with Gasteiger partial charge in [-0.05, 0) is 49.9 Å². The lowest BCUT2D eigenvalue weighted by Crippen LogP contribution is -2.09. The van der Waals surface area contributed by atoms with Gasteiger partial charge in [0.25, 0.3) is 0 Å². The highest BCUT2D eigenvalue weighted by Gasteiger charge is 2.38. The van der Waals surface area contributed by atoms with Crippen molar-refractivity contribution < 1.29 is 0 Å². The Bertz CT molecular complexity index is 1020. The van der Waals surface area contributed by atoms with Gasteiger partial charge in [-0.15, -0.1) is 0 Å². The van der Waals surface area contributed by atoms with Crippen LogP contribution in [-0.4, -0.2) is 0 Å².